The number of aryl methyl sites for hydroxylation is 1. The van der Waals surface area contributed by atoms with Crippen LogP contribution in [0.3, 0.4) is 0 Å². The van der Waals surface area contributed by atoms with E-state index >= 15 is 0 Å². The Labute approximate surface area is 123 Å². The fourth-order valence-corrected chi connectivity index (χ4v) is 2.89. The number of nitrogens with zero attached hydrogens (tertiary/aromatic N) is 3. The van der Waals surface area contributed by atoms with E-state index in [-0.39, 0.29) is 6.04 Å². The van der Waals surface area contributed by atoms with Crippen LogP contribution in [0.25, 0.3) is 0 Å². The second kappa shape index (κ2) is 6.55. The van der Waals surface area contributed by atoms with E-state index in [4.69, 9.17) is 5.73 Å². The van der Waals surface area contributed by atoms with Crippen LogP contribution >= 0.6 is 0 Å². The van der Waals surface area contributed by atoms with E-state index in [0.717, 1.165) is 38.4 Å². The summed E-state index contributed by atoms with van der Waals surface area (Å²) in [4.78, 5) is 9.61. The molecule has 2 rings (SSSR count). The van der Waals surface area contributed by atoms with Crippen molar-refractivity contribution < 1.29 is 0 Å². The highest BCUT2D eigenvalue weighted by Gasteiger charge is 2.20. The van der Waals surface area contributed by atoms with Gasteiger partial charge in [0.15, 0.2) is 0 Å². The summed E-state index contributed by atoms with van der Waals surface area (Å²) in [5.41, 5.74) is 8.36. The Morgan fingerprint density at radius 2 is 1.85 bits per heavy atom. The summed E-state index contributed by atoms with van der Waals surface area (Å²) in [5.74, 6) is 1.14. The van der Waals surface area contributed by atoms with Crippen LogP contribution in [0.15, 0.2) is 12.3 Å². The molecule has 2 N–H and O–H groups in total. The van der Waals surface area contributed by atoms with Gasteiger partial charge in [-0.1, -0.05) is 6.07 Å². The van der Waals surface area contributed by atoms with Gasteiger partial charge in [0.1, 0.15) is 5.82 Å². The Hall–Kier alpha value is -1.13. The fourth-order valence-electron chi connectivity index (χ4n) is 2.89. The Balaban J connectivity index is 2.03. The van der Waals surface area contributed by atoms with Crippen LogP contribution < -0.4 is 10.6 Å². The van der Waals surface area contributed by atoms with Crippen molar-refractivity contribution in [3.63, 3.8) is 0 Å². The average molecular weight is 276 g/mol. The third-order valence-corrected chi connectivity index (χ3v) is 4.01. The molecule has 112 valence electrons. The number of nitrogens with two attached hydrogens (primary N) is 1. The van der Waals surface area contributed by atoms with Gasteiger partial charge in [0.25, 0.3) is 0 Å². The number of rotatable bonds is 4. The predicted octanol–water partition coefficient (Wildman–Crippen LogP) is 1.81. The van der Waals surface area contributed by atoms with E-state index in [2.05, 4.69) is 41.6 Å². The van der Waals surface area contributed by atoms with E-state index in [0.29, 0.717) is 6.04 Å². The van der Waals surface area contributed by atoms with E-state index in [1.807, 2.05) is 13.1 Å². The zero-order valence-electron chi connectivity index (χ0n) is 13.3. The third-order valence-electron chi connectivity index (χ3n) is 4.01. The molecule has 1 aromatic heterocycles. The highest BCUT2D eigenvalue weighted by Crippen LogP contribution is 2.20. The number of pyridine rings is 1. The van der Waals surface area contributed by atoms with Crippen molar-refractivity contribution in [2.75, 3.05) is 31.1 Å². The molecule has 1 fully saturated rings. The summed E-state index contributed by atoms with van der Waals surface area (Å²) >= 11 is 0. The van der Waals surface area contributed by atoms with Gasteiger partial charge in [-0.05, 0) is 45.2 Å². The lowest BCUT2D eigenvalue weighted by molar-refractivity contribution is 0.209. The standard InChI is InChI=1S/C16H28N4/c1-12(2)19-5-7-20(8-6-19)16-13(3)9-15(11-18-16)10-14(4)17/h9,11-12,14H,5-8,10,17H2,1-4H3. The lowest BCUT2D eigenvalue weighted by Crippen LogP contribution is -2.49. The zero-order valence-corrected chi connectivity index (χ0v) is 13.3. The Morgan fingerprint density at radius 3 is 2.35 bits per heavy atom. The maximum atomic E-state index is 5.86. The van der Waals surface area contributed by atoms with Crippen molar-refractivity contribution in [1.29, 1.82) is 0 Å². The molecule has 20 heavy (non-hydrogen) atoms. The minimum absolute atomic E-state index is 0.191. The van der Waals surface area contributed by atoms with Gasteiger partial charge < -0.3 is 10.6 Å². The van der Waals surface area contributed by atoms with Crippen LogP contribution in [0.2, 0.25) is 0 Å². The molecule has 1 aliphatic heterocycles. The number of anilines is 1. The average Bonchev–Trinajstić information content (AvgIpc) is 2.38. The maximum Gasteiger partial charge on any atom is 0.131 e. The minimum Gasteiger partial charge on any atom is -0.354 e. The number of aromatic nitrogens is 1. The molecule has 0 bridgehead atoms. The first kappa shape index (κ1) is 15.3. The van der Waals surface area contributed by atoms with Crippen LogP contribution in [0, 0.1) is 6.92 Å². The van der Waals surface area contributed by atoms with E-state index in [1.165, 1.54) is 11.1 Å². The third kappa shape index (κ3) is 3.70. The molecule has 0 aromatic carbocycles. The van der Waals surface area contributed by atoms with E-state index in [1.54, 1.807) is 0 Å². The molecule has 2 heterocycles. The number of hydrogen-bond acceptors (Lipinski definition) is 4. The SMILES string of the molecule is Cc1cc(CC(C)N)cnc1N1CCN(C(C)C)CC1. The Morgan fingerprint density at radius 1 is 1.20 bits per heavy atom. The molecule has 1 aromatic rings. The molecule has 4 nitrogen and oxygen atoms in total. The summed E-state index contributed by atoms with van der Waals surface area (Å²) in [6.07, 6.45) is 2.88. The van der Waals surface area contributed by atoms with Gasteiger partial charge in [-0.2, -0.15) is 0 Å². The van der Waals surface area contributed by atoms with Crippen LogP contribution in [0.1, 0.15) is 31.9 Å². The van der Waals surface area contributed by atoms with Crippen molar-refractivity contribution in [3.8, 4) is 0 Å². The van der Waals surface area contributed by atoms with Crippen molar-refractivity contribution in [2.24, 2.45) is 5.73 Å². The van der Waals surface area contributed by atoms with Crippen molar-refractivity contribution in [2.45, 2.75) is 46.2 Å². The second-order valence-corrected chi connectivity index (χ2v) is 6.28. The molecule has 0 aliphatic carbocycles. The number of hydrogen-bond donors (Lipinski definition) is 1. The van der Waals surface area contributed by atoms with Gasteiger partial charge in [-0.15, -0.1) is 0 Å². The second-order valence-electron chi connectivity index (χ2n) is 6.28. The first-order chi connectivity index (χ1) is 9.47. The van der Waals surface area contributed by atoms with E-state index in [9.17, 15) is 0 Å². The molecule has 1 unspecified atom stereocenters. The van der Waals surface area contributed by atoms with Gasteiger partial charge in [0, 0.05) is 44.5 Å². The van der Waals surface area contributed by atoms with Gasteiger partial charge in [0.05, 0.1) is 0 Å². The molecular weight excluding hydrogens is 248 g/mol. The quantitative estimate of drug-likeness (QED) is 0.911. The molecule has 0 spiro atoms. The summed E-state index contributed by atoms with van der Waals surface area (Å²) in [6, 6.07) is 3.07. The molecule has 1 atom stereocenters. The largest absolute Gasteiger partial charge is 0.354 e. The Bertz CT molecular complexity index is 434. The van der Waals surface area contributed by atoms with Gasteiger partial charge >= 0.3 is 0 Å². The van der Waals surface area contributed by atoms with Crippen molar-refractivity contribution in [3.05, 3.63) is 23.4 Å². The predicted molar refractivity (Wildman–Crippen MR) is 85.2 cm³/mol. The lowest BCUT2D eigenvalue weighted by atomic mass is 10.1. The molecule has 0 radical (unpaired) electrons. The van der Waals surface area contributed by atoms with Gasteiger partial charge in [0.2, 0.25) is 0 Å². The maximum absolute atomic E-state index is 5.86. The highest BCUT2D eigenvalue weighted by atomic mass is 15.3. The van der Waals surface area contributed by atoms with Crippen molar-refractivity contribution in [1.82, 2.24) is 9.88 Å². The summed E-state index contributed by atoms with van der Waals surface area (Å²) in [7, 11) is 0. The molecule has 1 saturated heterocycles. The molecule has 4 heteroatoms. The van der Waals surface area contributed by atoms with Crippen LogP contribution in [-0.2, 0) is 6.42 Å². The lowest BCUT2D eigenvalue weighted by Gasteiger charge is -2.38. The van der Waals surface area contributed by atoms with Crippen LogP contribution in [0.4, 0.5) is 5.82 Å². The van der Waals surface area contributed by atoms with Gasteiger partial charge in [-0.3, -0.25) is 4.90 Å². The fraction of sp³-hybridized carbons (Fsp3) is 0.688. The molecule has 1 aliphatic rings. The normalized spacial score (nSPS) is 18.6. The zero-order chi connectivity index (χ0) is 14.7. The monoisotopic (exact) mass is 276 g/mol. The van der Waals surface area contributed by atoms with Crippen molar-refractivity contribution >= 4 is 5.82 Å². The summed E-state index contributed by atoms with van der Waals surface area (Å²) in [5, 5.41) is 0. The van der Waals surface area contributed by atoms with Crippen LogP contribution in [0.5, 0.6) is 0 Å². The first-order valence-electron chi connectivity index (χ1n) is 7.67. The van der Waals surface area contributed by atoms with E-state index < -0.39 is 0 Å². The van der Waals surface area contributed by atoms with Gasteiger partial charge in [-0.25, -0.2) is 4.98 Å². The minimum atomic E-state index is 0.191. The molecule has 0 amide bonds. The smallest absolute Gasteiger partial charge is 0.131 e. The highest BCUT2D eigenvalue weighted by molar-refractivity contribution is 5.48. The Kier molecular flexibility index (Phi) is 5.00. The first-order valence-corrected chi connectivity index (χ1v) is 7.67. The number of piperazine rings is 1. The topological polar surface area (TPSA) is 45.4 Å². The van der Waals surface area contributed by atoms with Crippen LogP contribution in [-0.4, -0.2) is 48.1 Å². The summed E-state index contributed by atoms with van der Waals surface area (Å²) < 4.78 is 0. The molecular formula is C16H28N4. The molecule has 0 saturated carbocycles. The summed E-state index contributed by atoms with van der Waals surface area (Å²) in [6.45, 7) is 13.1.